The van der Waals surface area contributed by atoms with Crippen molar-refractivity contribution in [2.24, 2.45) is 0 Å². The van der Waals surface area contributed by atoms with Crippen molar-refractivity contribution in [2.45, 2.75) is 56.2 Å². The number of anilines is 1. The van der Waals surface area contributed by atoms with E-state index in [1.54, 1.807) is 12.1 Å². The van der Waals surface area contributed by atoms with Gasteiger partial charge in [0.25, 0.3) is 10.0 Å². The van der Waals surface area contributed by atoms with Crippen molar-refractivity contribution in [3.63, 3.8) is 0 Å². The molecule has 160 valence electrons. The lowest BCUT2D eigenvalue weighted by molar-refractivity contribution is 0.395. The van der Waals surface area contributed by atoms with Gasteiger partial charge in [-0.25, -0.2) is 16.8 Å². The molecule has 2 aromatic carbocycles. The monoisotopic (exact) mass is 438 g/mol. The predicted molar refractivity (Wildman–Crippen MR) is 117 cm³/mol. The minimum atomic E-state index is -3.73. The van der Waals surface area contributed by atoms with Gasteiger partial charge in [-0.05, 0) is 56.2 Å². The normalized spacial score (nSPS) is 12.3. The highest BCUT2D eigenvalue weighted by atomic mass is 32.2. The highest BCUT2D eigenvalue weighted by molar-refractivity contribution is 7.92. The summed E-state index contributed by atoms with van der Waals surface area (Å²) >= 11 is 0. The standard InChI is InChI=1S/C21H30N2O4S2/c1-4-6-16-23(17-7-5-2)29(26,27)21-14-10-19(11-15-21)22-28(24,25)20-12-8-18(3)9-13-20/h8-15,22H,4-7,16-17H2,1-3H3. The summed E-state index contributed by atoms with van der Waals surface area (Å²) in [6, 6.07) is 12.4. The summed E-state index contributed by atoms with van der Waals surface area (Å²) in [5.41, 5.74) is 1.28. The summed E-state index contributed by atoms with van der Waals surface area (Å²) in [6.45, 7) is 6.91. The molecule has 0 saturated heterocycles. The molecule has 0 unspecified atom stereocenters. The van der Waals surface area contributed by atoms with Crippen LogP contribution in [0, 0.1) is 6.92 Å². The number of unbranched alkanes of at least 4 members (excludes halogenated alkanes) is 2. The van der Waals surface area contributed by atoms with Crippen molar-refractivity contribution in [3.05, 3.63) is 54.1 Å². The maximum atomic E-state index is 13.0. The van der Waals surface area contributed by atoms with Crippen LogP contribution in [-0.2, 0) is 20.0 Å². The molecular formula is C21H30N2O4S2. The third-order valence-corrected chi connectivity index (χ3v) is 7.91. The Balaban J connectivity index is 2.20. The second-order valence-electron chi connectivity index (χ2n) is 7.05. The van der Waals surface area contributed by atoms with Crippen molar-refractivity contribution in [2.75, 3.05) is 17.8 Å². The first kappa shape index (κ1) is 23.4. The molecule has 6 nitrogen and oxygen atoms in total. The topological polar surface area (TPSA) is 83.6 Å². The molecule has 8 heteroatoms. The second-order valence-corrected chi connectivity index (χ2v) is 10.7. The summed E-state index contributed by atoms with van der Waals surface area (Å²) in [7, 11) is -7.34. The van der Waals surface area contributed by atoms with E-state index in [4.69, 9.17) is 0 Å². The van der Waals surface area contributed by atoms with Crippen LogP contribution in [0.1, 0.15) is 45.1 Å². The van der Waals surface area contributed by atoms with E-state index in [1.165, 1.54) is 40.7 Å². The molecular weight excluding hydrogens is 408 g/mol. The lowest BCUT2D eigenvalue weighted by atomic mass is 10.2. The summed E-state index contributed by atoms with van der Waals surface area (Å²) in [5.74, 6) is 0. The van der Waals surface area contributed by atoms with Crippen molar-refractivity contribution in [1.82, 2.24) is 4.31 Å². The maximum Gasteiger partial charge on any atom is 0.261 e. The van der Waals surface area contributed by atoms with Crippen molar-refractivity contribution in [1.29, 1.82) is 0 Å². The van der Waals surface area contributed by atoms with Crippen LogP contribution in [0.2, 0.25) is 0 Å². The zero-order valence-corrected chi connectivity index (χ0v) is 18.9. The fourth-order valence-electron chi connectivity index (χ4n) is 2.80. The van der Waals surface area contributed by atoms with E-state index in [0.29, 0.717) is 18.8 Å². The molecule has 0 heterocycles. The quantitative estimate of drug-likeness (QED) is 0.564. The molecule has 0 spiro atoms. The summed E-state index contributed by atoms with van der Waals surface area (Å²) < 4.78 is 55.0. The van der Waals surface area contributed by atoms with E-state index in [0.717, 1.165) is 31.2 Å². The van der Waals surface area contributed by atoms with Crippen molar-refractivity contribution < 1.29 is 16.8 Å². The number of nitrogens with zero attached hydrogens (tertiary/aromatic N) is 1. The van der Waals surface area contributed by atoms with Crippen molar-refractivity contribution in [3.8, 4) is 0 Å². The number of hydrogen-bond acceptors (Lipinski definition) is 4. The van der Waals surface area contributed by atoms with E-state index < -0.39 is 20.0 Å². The Morgan fingerprint density at radius 3 is 1.72 bits per heavy atom. The van der Waals surface area contributed by atoms with Crippen LogP contribution in [0.5, 0.6) is 0 Å². The SMILES string of the molecule is CCCCN(CCCC)S(=O)(=O)c1ccc(NS(=O)(=O)c2ccc(C)cc2)cc1. The Kier molecular flexibility index (Phi) is 8.24. The first-order valence-electron chi connectivity index (χ1n) is 9.90. The van der Waals surface area contributed by atoms with Gasteiger partial charge in [-0.3, -0.25) is 4.72 Å². The van der Waals surface area contributed by atoms with Gasteiger partial charge in [-0.1, -0.05) is 44.4 Å². The van der Waals surface area contributed by atoms with Crippen LogP contribution in [0.4, 0.5) is 5.69 Å². The van der Waals surface area contributed by atoms with E-state index >= 15 is 0 Å². The van der Waals surface area contributed by atoms with Gasteiger partial charge in [-0.2, -0.15) is 4.31 Å². The molecule has 0 atom stereocenters. The van der Waals surface area contributed by atoms with E-state index in [1.807, 2.05) is 20.8 Å². The van der Waals surface area contributed by atoms with Crippen LogP contribution in [0.25, 0.3) is 0 Å². The minimum absolute atomic E-state index is 0.158. The molecule has 0 bridgehead atoms. The van der Waals surface area contributed by atoms with Gasteiger partial charge in [0, 0.05) is 18.8 Å². The zero-order valence-electron chi connectivity index (χ0n) is 17.3. The molecule has 0 fully saturated rings. The van der Waals surface area contributed by atoms with Gasteiger partial charge in [0.2, 0.25) is 10.0 Å². The Labute approximate surface area is 175 Å². The van der Waals surface area contributed by atoms with E-state index in [9.17, 15) is 16.8 Å². The van der Waals surface area contributed by atoms with Crippen LogP contribution in [0.15, 0.2) is 58.3 Å². The fourth-order valence-corrected chi connectivity index (χ4v) is 5.37. The molecule has 29 heavy (non-hydrogen) atoms. The molecule has 0 saturated carbocycles. The first-order valence-corrected chi connectivity index (χ1v) is 12.8. The van der Waals surface area contributed by atoms with Crippen LogP contribution in [-0.4, -0.2) is 34.2 Å². The van der Waals surface area contributed by atoms with Crippen molar-refractivity contribution >= 4 is 25.7 Å². The van der Waals surface area contributed by atoms with Crippen LogP contribution >= 0.6 is 0 Å². The summed E-state index contributed by atoms with van der Waals surface area (Å²) in [6.07, 6.45) is 3.44. The first-order chi connectivity index (χ1) is 13.7. The molecule has 2 rings (SSSR count). The predicted octanol–water partition coefficient (Wildman–Crippen LogP) is 4.39. The van der Waals surface area contributed by atoms with Gasteiger partial charge in [0.05, 0.1) is 9.79 Å². The number of benzene rings is 2. The number of sulfonamides is 2. The molecule has 0 aliphatic carbocycles. The maximum absolute atomic E-state index is 13.0. The van der Waals surface area contributed by atoms with Crippen LogP contribution in [0.3, 0.4) is 0 Å². The Hall–Kier alpha value is -1.90. The highest BCUT2D eigenvalue weighted by Gasteiger charge is 2.23. The third kappa shape index (κ3) is 6.29. The second kappa shape index (κ2) is 10.2. The molecule has 0 radical (unpaired) electrons. The Morgan fingerprint density at radius 2 is 1.24 bits per heavy atom. The molecule has 1 N–H and O–H groups in total. The van der Waals surface area contributed by atoms with E-state index in [2.05, 4.69) is 4.72 Å². The van der Waals surface area contributed by atoms with E-state index in [-0.39, 0.29) is 9.79 Å². The van der Waals surface area contributed by atoms with Gasteiger partial charge in [0.15, 0.2) is 0 Å². The number of nitrogens with one attached hydrogen (secondary N) is 1. The van der Waals surface area contributed by atoms with Crippen LogP contribution < -0.4 is 4.72 Å². The molecule has 0 aliphatic rings. The van der Waals surface area contributed by atoms with Gasteiger partial charge >= 0.3 is 0 Å². The van der Waals surface area contributed by atoms with Gasteiger partial charge < -0.3 is 0 Å². The van der Waals surface area contributed by atoms with Gasteiger partial charge in [-0.15, -0.1) is 0 Å². The zero-order chi connectivity index (χ0) is 21.5. The lowest BCUT2D eigenvalue weighted by Gasteiger charge is -2.22. The average Bonchev–Trinajstić information content (AvgIpc) is 2.68. The fraction of sp³-hybridized carbons (Fsp3) is 0.429. The highest BCUT2D eigenvalue weighted by Crippen LogP contribution is 2.22. The number of aryl methyl sites for hydroxylation is 1. The largest absolute Gasteiger partial charge is 0.280 e. The third-order valence-electron chi connectivity index (χ3n) is 4.60. The lowest BCUT2D eigenvalue weighted by Crippen LogP contribution is -2.33. The number of rotatable bonds is 11. The Morgan fingerprint density at radius 1 is 0.759 bits per heavy atom. The molecule has 2 aromatic rings. The average molecular weight is 439 g/mol. The number of hydrogen-bond donors (Lipinski definition) is 1. The van der Waals surface area contributed by atoms with Gasteiger partial charge in [0.1, 0.15) is 0 Å². The molecule has 0 aromatic heterocycles. The molecule has 0 amide bonds. The minimum Gasteiger partial charge on any atom is -0.280 e. The Bertz CT molecular complexity index is 976. The summed E-state index contributed by atoms with van der Waals surface area (Å²) in [5, 5.41) is 0. The summed E-state index contributed by atoms with van der Waals surface area (Å²) in [4.78, 5) is 0.327. The molecule has 0 aliphatic heterocycles. The smallest absolute Gasteiger partial charge is 0.261 e.